The number of rotatable bonds is 1. The normalized spacial score (nSPS) is 23.7. The second-order valence-corrected chi connectivity index (χ2v) is 7.98. The van der Waals surface area contributed by atoms with E-state index in [1.165, 1.54) is 0 Å². The highest BCUT2D eigenvalue weighted by molar-refractivity contribution is 7.12. The lowest BCUT2D eigenvalue weighted by molar-refractivity contribution is 0.240. The van der Waals surface area contributed by atoms with Crippen LogP contribution in [0, 0.1) is 52.2 Å². The Morgan fingerprint density at radius 2 is 1.96 bits per heavy atom. The van der Waals surface area contributed by atoms with Crippen LogP contribution in [0.5, 0.6) is 0 Å². The van der Waals surface area contributed by atoms with Gasteiger partial charge in [-0.05, 0) is 38.6 Å². The van der Waals surface area contributed by atoms with Gasteiger partial charge in [-0.25, -0.2) is 0 Å². The van der Waals surface area contributed by atoms with Gasteiger partial charge in [0.2, 0.25) is 0 Å². The van der Waals surface area contributed by atoms with Crippen LogP contribution in [-0.4, -0.2) is 36.8 Å². The topological polar surface area (TPSA) is 121 Å². The van der Waals surface area contributed by atoms with Crippen molar-refractivity contribution in [3.05, 3.63) is 44.8 Å². The molecule has 7 heteroatoms. The minimum absolute atomic E-state index is 0.0944. The Hall–Kier alpha value is -2.63. The number of nitrogens with two attached hydrogens (primary N) is 1. The maximum Gasteiger partial charge on any atom is 0.192 e. The zero-order chi connectivity index (χ0) is 20.2. The standard InChI is InChI=1S/C18H17N5S.C2H6O/c1-11-3-4-15(24-11)16-14-8-23(2)6-5-12(14)13(7-19)17(22)18(16,9-20)10-21;1-2-3/h3-5,14,16H,6,8,22H2,1-2H3;3H,2H2,1H3. The molecule has 1 aromatic heterocycles. The SMILES string of the molecule is CCO.Cc1ccc(C2C3CN(C)CC=C3C(C#N)=C(N)C2(C#N)C#N)s1. The maximum atomic E-state index is 9.90. The van der Waals surface area contributed by atoms with E-state index in [1.807, 2.05) is 32.2 Å². The predicted molar refractivity (Wildman–Crippen MR) is 104 cm³/mol. The van der Waals surface area contributed by atoms with Crippen LogP contribution in [-0.2, 0) is 0 Å². The van der Waals surface area contributed by atoms with E-state index in [9.17, 15) is 15.8 Å². The van der Waals surface area contributed by atoms with Crippen molar-refractivity contribution in [3.8, 4) is 18.2 Å². The van der Waals surface area contributed by atoms with Crippen molar-refractivity contribution in [3.63, 3.8) is 0 Å². The predicted octanol–water partition coefficient (Wildman–Crippen LogP) is 2.41. The van der Waals surface area contributed by atoms with Gasteiger partial charge in [0.05, 0.1) is 23.4 Å². The van der Waals surface area contributed by atoms with Crippen molar-refractivity contribution in [1.29, 1.82) is 15.8 Å². The fourth-order valence-electron chi connectivity index (χ4n) is 3.75. The molecule has 6 nitrogen and oxygen atoms in total. The lowest BCUT2D eigenvalue weighted by Crippen LogP contribution is -2.47. The van der Waals surface area contributed by atoms with Crippen molar-refractivity contribution in [2.24, 2.45) is 17.1 Å². The number of thiophene rings is 1. The third-order valence-electron chi connectivity index (χ3n) is 4.91. The summed E-state index contributed by atoms with van der Waals surface area (Å²) in [7, 11) is 2.00. The smallest absolute Gasteiger partial charge is 0.192 e. The molecular weight excluding hydrogens is 358 g/mol. The summed E-state index contributed by atoms with van der Waals surface area (Å²) in [4.78, 5) is 4.23. The molecule has 0 fully saturated rings. The molecule has 27 heavy (non-hydrogen) atoms. The first-order valence-corrected chi connectivity index (χ1v) is 9.50. The largest absolute Gasteiger partial charge is 0.399 e. The minimum Gasteiger partial charge on any atom is -0.399 e. The molecule has 1 aliphatic heterocycles. The van der Waals surface area contributed by atoms with Gasteiger partial charge >= 0.3 is 0 Å². The summed E-state index contributed by atoms with van der Waals surface area (Å²) >= 11 is 1.59. The van der Waals surface area contributed by atoms with Gasteiger partial charge in [-0.1, -0.05) is 6.08 Å². The Kier molecular flexibility index (Phi) is 6.41. The van der Waals surface area contributed by atoms with Crippen LogP contribution in [0.2, 0.25) is 0 Å². The second-order valence-electron chi connectivity index (χ2n) is 6.66. The molecule has 2 aliphatic rings. The zero-order valence-electron chi connectivity index (χ0n) is 15.7. The van der Waals surface area contributed by atoms with Gasteiger partial charge in [0.15, 0.2) is 5.41 Å². The number of aliphatic hydroxyl groups excluding tert-OH is 1. The zero-order valence-corrected chi connectivity index (χ0v) is 16.5. The van der Waals surface area contributed by atoms with Gasteiger partial charge in [0.1, 0.15) is 6.07 Å². The van der Waals surface area contributed by atoms with E-state index in [1.54, 1.807) is 18.3 Å². The summed E-state index contributed by atoms with van der Waals surface area (Å²) in [5.74, 6) is -0.458. The molecule has 2 atom stereocenters. The molecule has 2 heterocycles. The van der Waals surface area contributed by atoms with E-state index < -0.39 is 5.41 Å². The molecule has 0 bridgehead atoms. The quantitative estimate of drug-likeness (QED) is 0.770. The number of nitrogens with zero attached hydrogens (tertiary/aromatic N) is 4. The minimum atomic E-state index is -1.51. The maximum absolute atomic E-state index is 9.90. The van der Waals surface area contributed by atoms with Crippen molar-refractivity contribution < 1.29 is 5.11 Å². The van der Waals surface area contributed by atoms with Crippen LogP contribution in [0.15, 0.2) is 35.1 Å². The van der Waals surface area contributed by atoms with E-state index >= 15 is 0 Å². The van der Waals surface area contributed by atoms with Crippen LogP contribution < -0.4 is 5.73 Å². The van der Waals surface area contributed by atoms with Gasteiger partial charge < -0.3 is 15.7 Å². The molecule has 0 saturated heterocycles. The first-order valence-electron chi connectivity index (χ1n) is 8.69. The van der Waals surface area contributed by atoms with E-state index in [0.717, 1.165) is 21.9 Å². The van der Waals surface area contributed by atoms with Gasteiger partial charge in [-0.3, -0.25) is 0 Å². The summed E-state index contributed by atoms with van der Waals surface area (Å²) < 4.78 is 0. The number of aliphatic hydroxyl groups is 1. The molecule has 3 rings (SSSR count). The van der Waals surface area contributed by atoms with Crippen LogP contribution in [0.25, 0.3) is 0 Å². The second kappa shape index (κ2) is 8.37. The molecule has 140 valence electrons. The van der Waals surface area contributed by atoms with E-state index in [2.05, 4.69) is 23.1 Å². The molecule has 3 N–H and O–H groups in total. The highest BCUT2D eigenvalue weighted by atomic mass is 32.1. The summed E-state index contributed by atoms with van der Waals surface area (Å²) in [5.41, 5.74) is 6.00. The Bertz CT molecular complexity index is 879. The highest BCUT2D eigenvalue weighted by Gasteiger charge is 2.54. The Labute approximate surface area is 164 Å². The number of likely N-dealkylation sites (N-methyl/N-ethyl adjacent to an activating group) is 1. The number of nitriles is 3. The van der Waals surface area contributed by atoms with Gasteiger partial charge in [-0.2, -0.15) is 15.8 Å². The van der Waals surface area contributed by atoms with Crippen molar-refractivity contribution in [2.45, 2.75) is 19.8 Å². The van der Waals surface area contributed by atoms with E-state index in [-0.39, 0.29) is 24.1 Å². The third-order valence-corrected chi connectivity index (χ3v) is 6.00. The Morgan fingerprint density at radius 1 is 1.33 bits per heavy atom. The van der Waals surface area contributed by atoms with Gasteiger partial charge in [0, 0.05) is 41.3 Å². The summed E-state index contributed by atoms with van der Waals surface area (Å²) in [6.45, 7) is 5.35. The number of fused-ring (bicyclic) bond motifs is 1. The molecular formula is C20H23N5OS. The van der Waals surface area contributed by atoms with Crippen LogP contribution in [0.1, 0.15) is 22.6 Å². The summed E-state index contributed by atoms with van der Waals surface area (Å²) in [6.07, 6.45) is 2.01. The third kappa shape index (κ3) is 3.48. The average molecular weight is 382 g/mol. The fraction of sp³-hybridized carbons (Fsp3) is 0.450. The molecule has 0 radical (unpaired) electrons. The van der Waals surface area contributed by atoms with Crippen molar-refractivity contribution >= 4 is 11.3 Å². The number of allylic oxidation sites excluding steroid dienone is 2. The van der Waals surface area contributed by atoms with Crippen LogP contribution in [0.4, 0.5) is 0 Å². The molecule has 0 aromatic carbocycles. The number of aryl methyl sites for hydroxylation is 1. The molecule has 1 aromatic rings. The Morgan fingerprint density at radius 3 is 2.44 bits per heavy atom. The van der Waals surface area contributed by atoms with Crippen LogP contribution in [0.3, 0.4) is 0 Å². The van der Waals surface area contributed by atoms with E-state index in [4.69, 9.17) is 10.8 Å². The summed E-state index contributed by atoms with van der Waals surface area (Å²) in [5, 5.41) is 37.0. The summed E-state index contributed by atoms with van der Waals surface area (Å²) in [6, 6.07) is 10.4. The molecule has 0 amide bonds. The van der Waals surface area contributed by atoms with Crippen molar-refractivity contribution in [2.75, 3.05) is 26.7 Å². The first-order chi connectivity index (χ1) is 12.9. The number of hydrogen-bond donors (Lipinski definition) is 2. The van der Waals surface area contributed by atoms with Crippen LogP contribution >= 0.6 is 11.3 Å². The fourth-order valence-corrected chi connectivity index (χ4v) is 4.86. The molecule has 2 unspecified atom stereocenters. The monoisotopic (exact) mass is 381 g/mol. The van der Waals surface area contributed by atoms with Crippen molar-refractivity contribution in [1.82, 2.24) is 4.90 Å². The average Bonchev–Trinajstić information content (AvgIpc) is 3.07. The number of hydrogen-bond acceptors (Lipinski definition) is 7. The first kappa shape index (κ1) is 20.7. The lowest BCUT2D eigenvalue weighted by atomic mass is 9.59. The molecule has 1 aliphatic carbocycles. The highest BCUT2D eigenvalue weighted by Crippen LogP contribution is 2.55. The van der Waals surface area contributed by atoms with Gasteiger partial charge in [0.25, 0.3) is 0 Å². The lowest BCUT2D eigenvalue weighted by Gasteiger charge is -2.44. The van der Waals surface area contributed by atoms with E-state index in [0.29, 0.717) is 12.1 Å². The molecule has 0 spiro atoms. The Balaban J connectivity index is 0.000000817. The molecule has 0 saturated carbocycles. The van der Waals surface area contributed by atoms with Gasteiger partial charge in [-0.15, -0.1) is 11.3 Å².